The van der Waals surface area contributed by atoms with Crippen molar-refractivity contribution in [1.29, 1.82) is 0 Å². The van der Waals surface area contributed by atoms with Crippen LogP contribution in [0.1, 0.15) is 57.2 Å². The van der Waals surface area contributed by atoms with Crippen molar-refractivity contribution in [3.63, 3.8) is 0 Å². The van der Waals surface area contributed by atoms with E-state index >= 15 is 0 Å². The van der Waals surface area contributed by atoms with E-state index in [-0.39, 0.29) is 29.9 Å². The van der Waals surface area contributed by atoms with Gasteiger partial charge in [0.15, 0.2) is 0 Å². The number of benzene rings is 2. The zero-order valence-corrected chi connectivity index (χ0v) is 22.1. The molecule has 0 atom stereocenters. The zero-order chi connectivity index (χ0) is 28.0. The highest BCUT2D eigenvalue weighted by Crippen LogP contribution is 2.47. The second-order valence-electron chi connectivity index (χ2n) is 8.46. The number of carbonyl (C=O) groups is 2. The molecule has 0 amide bonds. The molecule has 3 rings (SSSR count). The van der Waals surface area contributed by atoms with Gasteiger partial charge < -0.3 is 14.4 Å². The summed E-state index contributed by atoms with van der Waals surface area (Å²) < 4.78 is 53.2. The molecule has 0 saturated carbocycles. The van der Waals surface area contributed by atoms with Gasteiger partial charge >= 0.3 is 18.1 Å². The van der Waals surface area contributed by atoms with Gasteiger partial charge in [0.2, 0.25) is 0 Å². The molecular weight excluding hydrogens is 497 g/mol. The molecule has 0 fully saturated rings. The lowest BCUT2D eigenvalue weighted by atomic mass is 9.77. The average Bonchev–Trinajstić information content (AvgIpc) is 2.88. The van der Waals surface area contributed by atoms with Gasteiger partial charge in [0.1, 0.15) is 5.84 Å². The van der Waals surface area contributed by atoms with Crippen molar-refractivity contribution >= 4 is 17.8 Å². The van der Waals surface area contributed by atoms with Crippen LogP contribution in [0.25, 0.3) is 0 Å². The van der Waals surface area contributed by atoms with Crippen LogP contribution >= 0.6 is 0 Å². The van der Waals surface area contributed by atoms with E-state index in [1.807, 2.05) is 37.3 Å². The molecule has 1 heterocycles. The summed E-state index contributed by atoms with van der Waals surface area (Å²) in [5, 5.41) is 0. The quantitative estimate of drug-likeness (QED) is 0.242. The third-order valence-corrected chi connectivity index (χ3v) is 6.15. The van der Waals surface area contributed by atoms with E-state index in [0.717, 1.165) is 6.07 Å². The number of nitrogens with zero attached hydrogens (tertiary/aromatic N) is 2. The summed E-state index contributed by atoms with van der Waals surface area (Å²) in [6, 6.07) is 14.1. The highest BCUT2D eigenvalue weighted by atomic mass is 19.4. The lowest BCUT2D eigenvalue weighted by Crippen LogP contribution is -2.39. The molecule has 2 aromatic rings. The highest BCUT2D eigenvalue weighted by Gasteiger charge is 2.45. The van der Waals surface area contributed by atoms with Crippen LogP contribution in [-0.2, 0) is 25.2 Å². The highest BCUT2D eigenvalue weighted by molar-refractivity contribution is 6.06. The predicted octanol–water partition coefficient (Wildman–Crippen LogP) is 6.25. The van der Waals surface area contributed by atoms with E-state index < -0.39 is 29.6 Å². The van der Waals surface area contributed by atoms with Gasteiger partial charge in [-0.2, -0.15) is 13.2 Å². The first-order valence-electron chi connectivity index (χ1n) is 12.4. The summed E-state index contributed by atoms with van der Waals surface area (Å²) >= 11 is 0. The number of alkyl halides is 3. The largest absolute Gasteiger partial charge is 0.463 e. The molecule has 0 unspecified atom stereocenters. The van der Waals surface area contributed by atoms with E-state index in [1.54, 1.807) is 32.6 Å². The molecule has 38 heavy (non-hydrogen) atoms. The molecular formula is C29H31F3N2O4. The number of ether oxygens (including phenoxy) is 2. The standard InChI is InChI=1S/C29H31F3N2O4/c1-6-33-26(20-14-10-9-11-15-20)34-18(4)23(27(35)37-7-2)25(24(19(34)5)28(36)38-8-3)21-16-12-13-17-22(21)29(30,31)32/h9-17,25H,6-8H2,1-5H3. The first-order chi connectivity index (χ1) is 18.1. The maximum atomic E-state index is 14.2. The third-order valence-electron chi connectivity index (χ3n) is 6.15. The Morgan fingerprint density at radius 2 is 1.34 bits per heavy atom. The van der Waals surface area contributed by atoms with Gasteiger partial charge in [-0.05, 0) is 46.2 Å². The van der Waals surface area contributed by atoms with Crippen molar-refractivity contribution in [3.8, 4) is 0 Å². The predicted molar refractivity (Wildman–Crippen MR) is 138 cm³/mol. The summed E-state index contributed by atoms with van der Waals surface area (Å²) in [7, 11) is 0. The van der Waals surface area contributed by atoms with Crippen molar-refractivity contribution in [2.45, 2.75) is 46.7 Å². The molecule has 0 saturated heterocycles. The zero-order valence-electron chi connectivity index (χ0n) is 22.1. The van der Waals surface area contributed by atoms with Gasteiger partial charge in [0, 0.05) is 23.5 Å². The fourth-order valence-corrected chi connectivity index (χ4v) is 4.67. The Kier molecular flexibility index (Phi) is 9.14. The first kappa shape index (κ1) is 28.7. The van der Waals surface area contributed by atoms with E-state index in [9.17, 15) is 22.8 Å². The molecule has 2 aromatic carbocycles. The maximum absolute atomic E-state index is 14.2. The third kappa shape index (κ3) is 5.66. The number of carbonyl (C=O) groups excluding carboxylic acids is 2. The Labute approximate surface area is 220 Å². The van der Waals surface area contributed by atoms with Gasteiger partial charge in [-0.15, -0.1) is 0 Å². The Balaban J connectivity index is 2.44. The molecule has 9 heteroatoms. The summed E-state index contributed by atoms with van der Waals surface area (Å²) in [4.78, 5) is 33.2. The summed E-state index contributed by atoms with van der Waals surface area (Å²) in [5.41, 5.74) is -0.0344. The van der Waals surface area contributed by atoms with E-state index in [0.29, 0.717) is 29.3 Å². The molecule has 0 radical (unpaired) electrons. The molecule has 0 spiro atoms. The molecule has 0 aliphatic carbocycles. The number of hydrogen-bond acceptors (Lipinski definition) is 5. The molecule has 0 N–H and O–H groups in total. The summed E-state index contributed by atoms with van der Waals surface area (Å²) in [6.45, 7) is 8.66. The fourth-order valence-electron chi connectivity index (χ4n) is 4.67. The Bertz CT molecular complexity index is 1240. The van der Waals surface area contributed by atoms with Crippen LogP contribution in [0.2, 0.25) is 0 Å². The smallest absolute Gasteiger partial charge is 0.416 e. The molecule has 6 nitrogen and oxygen atoms in total. The number of rotatable bonds is 7. The first-order valence-corrected chi connectivity index (χ1v) is 12.4. The van der Waals surface area contributed by atoms with E-state index in [1.165, 1.54) is 18.2 Å². The van der Waals surface area contributed by atoms with Crippen LogP contribution in [0.4, 0.5) is 13.2 Å². The lowest BCUT2D eigenvalue weighted by Gasteiger charge is -2.39. The van der Waals surface area contributed by atoms with Crippen molar-refractivity contribution in [1.82, 2.24) is 4.90 Å². The SMILES string of the molecule is CCN=C(c1ccccc1)N1C(C)=C(C(=O)OCC)C(c2ccccc2C(F)(F)F)C(C(=O)OCC)=C1C. The van der Waals surface area contributed by atoms with Gasteiger partial charge in [-0.1, -0.05) is 48.5 Å². The van der Waals surface area contributed by atoms with Gasteiger partial charge in [-0.25, -0.2) is 9.59 Å². The number of aliphatic imine (C=N–C) groups is 1. The van der Waals surface area contributed by atoms with Gasteiger partial charge in [-0.3, -0.25) is 4.99 Å². The van der Waals surface area contributed by atoms with E-state index in [2.05, 4.69) is 4.99 Å². The van der Waals surface area contributed by atoms with Crippen LogP contribution in [0.15, 0.2) is 82.1 Å². The van der Waals surface area contributed by atoms with Crippen molar-refractivity contribution < 1.29 is 32.2 Å². The van der Waals surface area contributed by atoms with Crippen molar-refractivity contribution in [3.05, 3.63) is 93.8 Å². The second-order valence-corrected chi connectivity index (χ2v) is 8.46. The number of hydrogen-bond donors (Lipinski definition) is 0. The Morgan fingerprint density at radius 1 is 0.842 bits per heavy atom. The normalized spacial score (nSPS) is 15.2. The average molecular weight is 529 g/mol. The maximum Gasteiger partial charge on any atom is 0.416 e. The monoisotopic (exact) mass is 528 g/mol. The number of allylic oxidation sites excluding steroid dienone is 2. The topological polar surface area (TPSA) is 68.2 Å². The molecule has 1 aliphatic heterocycles. The van der Waals surface area contributed by atoms with Crippen LogP contribution in [0.5, 0.6) is 0 Å². The fraction of sp³-hybridized carbons (Fsp3) is 0.345. The minimum Gasteiger partial charge on any atom is -0.463 e. The molecule has 202 valence electrons. The van der Waals surface area contributed by atoms with Crippen LogP contribution < -0.4 is 0 Å². The van der Waals surface area contributed by atoms with Crippen molar-refractivity contribution in [2.75, 3.05) is 19.8 Å². The van der Waals surface area contributed by atoms with Crippen LogP contribution in [0, 0.1) is 0 Å². The Hall–Kier alpha value is -3.88. The molecule has 0 bridgehead atoms. The minimum atomic E-state index is -4.73. The van der Waals surface area contributed by atoms with Gasteiger partial charge in [0.25, 0.3) is 0 Å². The summed E-state index contributed by atoms with van der Waals surface area (Å²) in [5.74, 6) is -2.58. The molecule has 1 aliphatic rings. The second kappa shape index (κ2) is 12.1. The van der Waals surface area contributed by atoms with Crippen LogP contribution in [-0.4, -0.2) is 42.4 Å². The van der Waals surface area contributed by atoms with Crippen LogP contribution in [0.3, 0.4) is 0 Å². The summed E-state index contributed by atoms with van der Waals surface area (Å²) in [6.07, 6.45) is -4.73. The number of esters is 2. The molecule has 0 aromatic heterocycles. The Morgan fingerprint density at radius 3 is 1.82 bits per heavy atom. The lowest BCUT2D eigenvalue weighted by molar-refractivity contribution is -0.142. The minimum absolute atomic E-state index is 0.00468. The van der Waals surface area contributed by atoms with E-state index in [4.69, 9.17) is 9.47 Å². The number of amidine groups is 1. The number of halogens is 3. The van der Waals surface area contributed by atoms with Gasteiger partial charge in [0.05, 0.1) is 35.8 Å². The van der Waals surface area contributed by atoms with Crippen molar-refractivity contribution in [2.24, 2.45) is 4.99 Å².